The first-order valence-corrected chi connectivity index (χ1v) is 6.78. The molecule has 0 unspecified atom stereocenters. The predicted molar refractivity (Wildman–Crippen MR) is 61.7 cm³/mol. The van der Waals surface area contributed by atoms with Crippen molar-refractivity contribution in [1.29, 1.82) is 0 Å². The van der Waals surface area contributed by atoms with Crippen LogP contribution in [0.5, 0.6) is 0 Å². The largest absolute Gasteiger partial charge is 0.243 e. The third-order valence-electron chi connectivity index (χ3n) is 2.52. The van der Waals surface area contributed by atoms with Gasteiger partial charge in [0, 0.05) is 18.0 Å². The second-order valence-corrected chi connectivity index (χ2v) is 6.06. The van der Waals surface area contributed by atoms with Crippen molar-refractivity contribution in [3.05, 3.63) is 24.3 Å². The van der Waals surface area contributed by atoms with E-state index in [0.717, 1.165) is 12.8 Å². The number of thiol groups is 1. The fourth-order valence-electron chi connectivity index (χ4n) is 1.72. The Labute approximate surface area is 95.6 Å². The summed E-state index contributed by atoms with van der Waals surface area (Å²) < 4.78 is 25.7. The number of hydrogen-bond donors (Lipinski definition) is 1. The summed E-state index contributed by atoms with van der Waals surface area (Å²) in [4.78, 5) is 1.02. The van der Waals surface area contributed by atoms with Crippen LogP contribution in [0.2, 0.25) is 0 Å². The van der Waals surface area contributed by atoms with E-state index in [1.54, 1.807) is 24.3 Å². The van der Waals surface area contributed by atoms with Crippen LogP contribution in [0.25, 0.3) is 0 Å². The summed E-state index contributed by atoms with van der Waals surface area (Å²) >= 11 is 4.15. The molecule has 1 saturated heterocycles. The monoisotopic (exact) mass is 243 g/mol. The van der Waals surface area contributed by atoms with Gasteiger partial charge in [0.05, 0.1) is 4.90 Å². The van der Waals surface area contributed by atoms with Gasteiger partial charge < -0.3 is 0 Å². The molecule has 1 aliphatic heterocycles. The highest BCUT2D eigenvalue weighted by Crippen LogP contribution is 2.22. The van der Waals surface area contributed by atoms with Crippen molar-refractivity contribution in [2.75, 3.05) is 13.1 Å². The summed E-state index contributed by atoms with van der Waals surface area (Å²) in [5, 5.41) is 0. The van der Waals surface area contributed by atoms with Gasteiger partial charge in [-0.3, -0.25) is 0 Å². The van der Waals surface area contributed by atoms with Crippen LogP contribution in [0.1, 0.15) is 12.8 Å². The third kappa shape index (κ3) is 2.19. The van der Waals surface area contributed by atoms with Gasteiger partial charge >= 0.3 is 0 Å². The number of benzene rings is 1. The molecule has 0 aliphatic carbocycles. The van der Waals surface area contributed by atoms with Crippen molar-refractivity contribution in [3.8, 4) is 0 Å². The molecule has 1 aromatic rings. The van der Waals surface area contributed by atoms with E-state index in [2.05, 4.69) is 12.6 Å². The van der Waals surface area contributed by atoms with E-state index in [0.29, 0.717) is 22.9 Å². The molecule has 0 amide bonds. The Bertz CT molecular complexity index is 450. The highest BCUT2D eigenvalue weighted by atomic mass is 32.2. The van der Waals surface area contributed by atoms with Gasteiger partial charge in [-0.05, 0) is 31.0 Å². The zero-order chi connectivity index (χ0) is 10.9. The van der Waals surface area contributed by atoms with Crippen LogP contribution in [-0.4, -0.2) is 25.8 Å². The van der Waals surface area contributed by atoms with E-state index < -0.39 is 10.0 Å². The minimum Gasteiger partial charge on any atom is -0.207 e. The number of sulfonamides is 1. The van der Waals surface area contributed by atoms with Gasteiger partial charge in [-0.25, -0.2) is 8.42 Å². The lowest BCUT2D eigenvalue weighted by Gasteiger charge is -2.15. The van der Waals surface area contributed by atoms with Gasteiger partial charge in [-0.2, -0.15) is 4.31 Å². The summed E-state index contributed by atoms with van der Waals surface area (Å²) in [6.07, 6.45) is 1.92. The first kappa shape index (κ1) is 11.0. The normalized spacial score (nSPS) is 18.2. The van der Waals surface area contributed by atoms with Gasteiger partial charge in [0.2, 0.25) is 10.0 Å². The van der Waals surface area contributed by atoms with Gasteiger partial charge in [0.1, 0.15) is 0 Å². The number of nitrogens with zero attached hydrogens (tertiary/aromatic N) is 1. The molecule has 5 heteroatoms. The molecule has 0 N–H and O–H groups in total. The average molecular weight is 243 g/mol. The molecule has 3 nitrogen and oxygen atoms in total. The zero-order valence-corrected chi connectivity index (χ0v) is 9.97. The summed E-state index contributed by atoms with van der Waals surface area (Å²) in [5.74, 6) is 0. The van der Waals surface area contributed by atoms with Crippen LogP contribution in [-0.2, 0) is 10.0 Å². The molecule has 1 aromatic carbocycles. The lowest BCUT2D eigenvalue weighted by Crippen LogP contribution is -2.27. The molecular weight excluding hydrogens is 230 g/mol. The molecule has 0 saturated carbocycles. The maximum Gasteiger partial charge on any atom is 0.243 e. The summed E-state index contributed by atoms with van der Waals surface area (Å²) in [6, 6.07) is 6.70. The Morgan fingerprint density at radius 2 is 1.87 bits per heavy atom. The number of hydrogen-bond acceptors (Lipinski definition) is 3. The van der Waals surface area contributed by atoms with E-state index in [9.17, 15) is 8.42 Å². The SMILES string of the molecule is O=S(=O)(c1cccc(S)c1)N1CCCC1. The minimum atomic E-state index is -3.28. The second-order valence-electron chi connectivity index (χ2n) is 3.61. The highest BCUT2D eigenvalue weighted by Gasteiger charge is 2.26. The average Bonchev–Trinajstić information content (AvgIpc) is 2.71. The van der Waals surface area contributed by atoms with Crippen molar-refractivity contribution < 1.29 is 8.42 Å². The van der Waals surface area contributed by atoms with Crippen molar-refractivity contribution in [2.45, 2.75) is 22.6 Å². The van der Waals surface area contributed by atoms with E-state index in [1.807, 2.05) is 0 Å². The van der Waals surface area contributed by atoms with Gasteiger partial charge in [0.25, 0.3) is 0 Å². The maximum absolute atomic E-state index is 12.1. The maximum atomic E-state index is 12.1. The summed E-state index contributed by atoms with van der Waals surface area (Å²) in [5.41, 5.74) is 0. The highest BCUT2D eigenvalue weighted by molar-refractivity contribution is 7.89. The smallest absolute Gasteiger partial charge is 0.207 e. The Kier molecular flexibility index (Phi) is 3.04. The van der Waals surface area contributed by atoms with Crippen LogP contribution < -0.4 is 0 Å². The molecule has 1 fully saturated rings. The molecule has 0 radical (unpaired) electrons. The van der Waals surface area contributed by atoms with Crippen molar-refractivity contribution in [3.63, 3.8) is 0 Å². The quantitative estimate of drug-likeness (QED) is 0.804. The van der Waals surface area contributed by atoms with E-state index >= 15 is 0 Å². The number of rotatable bonds is 2. The molecule has 82 valence electrons. The van der Waals surface area contributed by atoms with Gasteiger partial charge in [-0.15, -0.1) is 12.6 Å². The lowest BCUT2D eigenvalue weighted by molar-refractivity contribution is 0.477. The third-order valence-corrected chi connectivity index (χ3v) is 4.69. The lowest BCUT2D eigenvalue weighted by atomic mass is 10.4. The summed E-state index contributed by atoms with van der Waals surface area (Å²) in [7, 11) is -3.28. The van der Waals surface area contributed by atoms with Gasteiger partial charge in [-0.1, -0.05) is 6.07 Å². The molecule has 0 atom stereocenters. The fourth-order valence-corrected chi connectivity index (χ4v) is 3.60. The van der Waals surface area contributed by atoms with E-state index in [4.69, 9.17) is 0 Å². The Balaban J connectivity index is 2.36. The second kappa shape index (κ2) is 4.15. The van der Waals surface area contributed by atoms with Crippen molar-refractivity contribution in [2.24, 2.45) is 0 Å². The molecule has 15 heavy (non-hydrogen) atoms. The molecule has 1 heterocycles. The van der Waals surface area contributed by atoms with E-state index in [1.165, 1.54) is 4.31 Å². The molecule has 1 aliphatic rings. The first-order valence-electron chi connectivity index (χ1n) is 4.90. The molecular formula is C10H13NO2S2. The standard InChI is InChI=1S/C10H13NO2S2/c12-15(13,11-6-1-2-7-11)10-5-3-4-9(14)8-10/h3-5,8,14H,1-2,6-7H2. The molecule has 0 aromatic heterocycles. The summed E-state index contributed by atoms with van der Waals surface area (Å²) in [6.45, 7) is 1.28. The van der Waals surface area contributed by atoms with Crippen LogP contribution >= 0.6 is 12.6 Å². The van der Waals surface area contributed by atoms with Crippen LogP contribution in [0.3, 0.4) is 0 Å². The van der Waals surface area contributed by atoms with Crippen molar-refractivity contribution >= 4 is 22.7 Å². The van der Waals surface area contributed by atoms with Crippen LogP contribution in [0, 0.1) is 0 Å². The van der Waals surface area contributed by atoms with Gasteiger partial charge in [0.15, 0.2) is 0 Å². The Morgan fingerprint density at radius 1 is 1.20 bits per heavy atom. The predicted octanol–water partition coefficient (Wildman–Crippen LogP) is 1.76. The fraction of sp³-hybridized carbons (Fsp3) is 0.400. The molecule has 0 bridgehead atoms. The molecule has 0 spiro atoms. The zero-order valence-electron chi connectivity index (χ0n) is 8.26. The van der Waals surface area contributed by atoms with Crippen molar-refractivity contribution in [1.82, 2.24) is 4.31 Å². The van der Waals surface area contributed by atoms with Crippen LogP contribution in [0.15, 0.2) is 34.1 Å². The molecule has 2 rings (SSSR count). The van der Waals surface area contributed by atoms with E-state index in [-0.39, 0.29) is 0 Å². The van der Waals surface area contributed by atoms with Crippen LogP contribution in [0.4, 0.5) is 0 Å². The minimum absolute atomic E-state index is 0.344. The Morgan fingerprint density at radius 3 is 2.47 bits per heavy atom. The Hall–Kier alpha value is -0.520. The topological polar surface area (TPSA) is 37.4 Å². The first-order chi connectivity index (χ1) is 7.10.